The van der Waals surface area contributed by atoms with E-state index in [4.69, 9.17) is 4.74 Å². The molecule has 1 aliphatic rings. The Morgan fingerprint density at radius 2 is 1.84 bits per heavy atom. The van der Waals surface area contributed by atoms with Gasteiger partial charge in [0.2, 0.25) is 0 Å². The van der Waals surface area contributed by atoms with Crippen molar-refractivity contribution in [2.45, 2.75) is 39.1 Å². The highest BCUT2D eigenvalue weighted by Gasteiger charge is 2.21. The lowest BCUT2D eigenvalue weighted by Gasteiger charge is -2.35. The molecule has 132 valence electrons. The van der Waals surface area contributed by atoms with E-state index >= 15 is 0 Å². The van der Waals surface area contributed by atoms with Crippen molar-refractivity contribution in [2.75, 3.05) is 13.1 Å². The first-order chi connectivity index (χ1) is 12.1. The van der Waals surface area contributed by atoms with Crippen LogP contribution in [-0.2, 0) is 17.8 Å². The number of pyridine rings is 1. The van der Waals surface area contributed by atoms with Gasteiger partial charge in [0.05, 0.1) is 17.8 Å². The third-order valence-electron chi connectivity index (χ3n) is 4.30. The van der Waals surface area contributed by atoms with Gasteiger partial charge in [-0.05, 0) is 37.1 Å². The van der Waals surface area contributed by atoms with Crippen molar-refractivity contribution in [1.29, 1.82) is 0 Å². The number of benzene rings is 1. The van der Waals surface area contributed by atoms with E-state index in [0.29, 0.717) is 12.1 Å². The zero-order valence-corrected chi connectivity index (χ0v) is 14.8. The van der Waals surface area contributed by atoms with E-state index in [-0.39, 0.29) is 18.1 Å². The van der Waals surface area contributed by atoms with Crippen molar-refractivity contribution >= 4 is 5.91 Å². The van der Waals surface area contributed by atoms with Gasteiger partial charge >= 0.3 is 0 Å². The van der Waals surface area contributed by atoms with Gasteiger partial charge in [-0.3, -0.25) is 14.7 Å². The molecule has 25 heavy (non-hydrogen) atoms. The second kappa shape index (κ2) is 8.23. The summed E-state index contributed by atoms with van der Waals surface area (Å²) in [5.41, 5.74) is 2.95. The van der Waals surface area contributed by atoms with Gasteiger partial charge in [-0.25, -0.2) is 0 Å². The molecule has 2 aromatic rings. The molecular weight excluding hydrogens is 314 g/mol. The molecule has 3 rings (SSSR count). The number of carbonyl (C=O) groups excluding carboxylic acids is 1. The molecule has 0 aliphatic carbocycles. The van der Waals surface area contributed by atoms with Gasteiger partial charge in [0.15, 0.2) is 0 Å². The minimum atomic E-state index is -0.103. The van der Waals surface area contributed by atoms with Crippen molar-refractivity contribution in [3.05, 3.63) is 65.5 Å². The van der Waals surface area contributed by atoms with Crippen LogP contribution >= 0.6 is 0 Å². The fourth-order valence-electron chi connectivity index (χ4n) is 3.22. The molecule has 2 heterocycles. The molecule has 1 amide bonds. The molecule has 1 aliphatic heterocycles. The van der Waals surface area contributed by atoms with Gasteiger partial charge in [0, 0.05) is 38.6 Å². The van der Waals surface area contributed by atoms with Crippen molar-refractivity contribution in [1.82, 2.24) is 15.2 Å². The first kappa shape index (κ1) is 17.6. The number of rotatable bonds is 5. The second-order valence-electron chi connectivity index (χ2n) is 6.69. The molecule has 5 nitrogen and oxygen atoms in total. The third-order valence-corrected chi connectivity index (χ3v) is 4.30. The molecule has 1 aromatic carbocycles. The van der Waals surface area contributed by atoms with Crippen molar-refractivity contribution < 1.29 is 9.53 Å². The van der Waals surface area contributed by atoms with E-state index in [2.05, 4.69) is 53.3 Å². The Bertz CT molecular complexity index is 678. The summed E-state index contributed by atoms with van der Waals surface area (Å²) in [6.45, 7) is 7.62. The summed E-state index contributed by atoms with van der Waals surface area (Å²) in [6.07, 6.45) is 3.80. The number of amides is 1. The number of ether oxygens (including phenoxy) is 1. The summed E-state index contributed by atoms with van der Waals surface area (Å²) in [5, 5.41) is 2.92. The Kier molecular flexibility index (Phi) is 5.79. The van der Waals surface area contributed by atoms with E-state index < -0.39 is 0 Å². The average molecular weight is 339 g/mol. The lowest BCUT2D eigenvalue weighted by atomic mass is 10.1. The molecule has 0 spiro atoms. The minimum Gasteiger partial charge on any atom is -0.373 e. The largest absolute Gasteiger partial charge is 0.373 e. The monoisotopic (exact) mass is 339 g/mol. The Hall–Kier alpha value is -2.24. The maximum absolute atomic E-state index is 12.0. The predicted molar refractivity (Wildman–Crippen MR) is 97.1 cm³/mol. The van der Waals surface area contributed by atoms with Crippen LogP contribution in [0.25, 0.3) is 0 Å². The van der Waals surface area contributed by atoms with Gasteiger partial charge in [-0.1, -0.05) is 24.3 Å². The van der Waals surface area contributed by atoms with Crippen LogP contribution in [0.3, 0.4) is 0 Å². The van der Waals surface area contributed by atoms with Gasteiger partial charge in [-0.15, -0.1) is 0 Å². The van der Waals surface area contributed by atoms with E-state index in [0.717, 1.165) is 25.2 Å². The molecule has 1 N–H and O–H groups in total. The van der Waals surface area contributed by atoms with Gasteiger partial charge in [0.25, 0.3) is 5.91 Å². The van der Waals surface area contributed by atoms with Gasteiger partial charge in [-0.2, -0.15) is 0 Å². The first-order valence-electron chi connectivity index (χ1n) is 8.74. The number of nitrogens with zero attached hydrogens (tertiary/aromatic N) is 2. The number of morpholine rings is 1. The number of aromatic nitrogens is 1. The predicted octanol–water partition coefficient (Wildman–Crippen LogP) is 2.62. The lowest BCUT2D eigenvalue weighted by Crippen LogP contribution is -2.44. The Balaban J connectivity index is 1.51. The summed E-state index contributed by atoms with van der Waals surface area (Å²) in [4.78, 5) is 18.4. The quantitative estimate of drug-likeness (QED) is 0.910. The molecule has 0 saturated carbocycles. The minimum absolute atomic E-state index is 0.103. The van der Waals surface area contributed by atoms with E-state index in [9.17, 15) is 4.79 Å². The average Bonchev–Trinajstić information content (AvgIpc) is 2.61. The van der Waals surface area contributed by atoms with Crippen molar-refractivity contribution in [3.8, 4) is 0 Å². The highest BCUT2D eigenvalue weighted by Crippen LogP contribution is 2.14. The summed E-state index contributed by atoms with van der Waals surface area (Å²) in [6, 6.07) is 11.9. The second-order valence-corrected chi connectivity index (χ2v) is 6.69. The maximum Gasteiger partial charge on any atom is 0.253 e. The standard InChI is InChI=1S/C20H25N3O2/c1-15-12-23(13-16(2)25-15)14-18-7-5-17(6-8-18)10-22-20(24)19-4-3-9-21-11-19/h3-9,11,15-16H,10,12-14H2,1-2H3,(H,22,24)/t15-,16-/m0/s1. The van der Waals surface area contributed by atoms with Crippen LogP contribution in [0.1, 0.15) is 35.3 Å². The maximum atomic E-state index is 12.0. The normalized spacial score (nSPS) is 21.0. The van der Waals surface area contributed by atoms with Gasteiger partial charge < -0.3 is 10.1 Å². The van der Waals surface area contributed by atoms with Crippen molar-refractivity contribution in [3.63, 3.8) is 0 Å². The van der Waals surface area contributed by atoms with Crippen LogP contribution in [0, 0.1) is 0 Å². The van der Waals surface area contributed by atoms with Crippen LogP contribution in [0.4, 0.5) is 0 Å². The highest BCUT2D eigenvalue weighted by atomic mass is 16.5. The van der Waals surface area contributed by atoms with Crippen LogP contribution in [0.15, 0.2) is 48.8 Å². The molecule has 1 saturated heterocycles. The number of hydrogen-bond acceptors (Lipinski definition) is 4. The van der Waals surface area contributed by atoms with E-state index in [1.54, 1.807) is 24.5 Å². The SMILES string of the molecule is C[C@H]1CN(Cc2ccc(CNC(=O)c3cccnc3)cc2)C[C@H](C)O1. The van der Waals surface area contributed by atoms with Crippen LogP contribution in [0.5, 0.6) is 0 Å². The summed E-state index contributed by atoms with van der Waals surface area (Å²) in [5.74, 6) is -0.103. The van der Waals surface area contributed by atoms with Gasteiger partial charge in [0.1, 0.15) is 0 Å². The fourth-order valence-corrected chi connectivity index (χ4v) is 3.22. The lowest BCUT2D eigenvalue weighted by molar-refractivity contribution is -0.0704. The molecule has 5 heteroatoms. The fraction of sp³-hybridized carbons (Fsp3) is 0.400. The molecule has 1 aromatic heterocycles. The Morgan fingerprint density at radius 3 is 2.48 bits per heavy atom. The molecule has 0 radical (unpaired) electrons. The zero-order valence-electron chi connectivity index (χ0n) is 14.8. The molecule has 0 bridgehead atoms. The molecular formula is C20H25N3O2. The molecule has 0 unspecified atom stereocenters. The number of nitrogens with one attached hydrogen (secondary N) is 1. The van der Waals surface area contributed by atoms with Crippen LogP contribution in [-0.4, -0.2) is 41.1 Å². The Morgan fingerprint density at radius 1 is 1.16 bits per heavy atom. The number of carbonyl (C=O) groups is 1. The third kappa shape index (κ3) is 5.11. The number of hydrogen-bond donors (Lipinski definition) is 1. The Labute approximate surface area is 149 Å². The molecule has 2 atom stereocenters. The summed E-state index contributed by atoms with van der Waals surface area (Å²) < 4.78 is 5.78. The topological polar surface area (TPSA) is 54.5 Å². The van der Waals surface area contributed by atoms with E-state index in [1.165, 1.54) is 5.56 Å². The first-order valence-corrected chi connectivity index (χ1v) is 8.74. The molecule has 1 fully saturated rings. The smallest absolute Gasteiger partial charge is 0.253 e. The van der Waals surface area contributed by atoms with E-state index in [1.807, 2.05) is 0 Å². The zero-order chi connectivity index (χ0) is 17.6. The summed E-state index contributed by atoms with van der Waals surface area (Å²) >= 11 is 0. The van der Waals surface area contributed by atoms with Crippen molar-refractivity contribution in [2.24, 2.45) is 0 Å². The summed E-state index contributed by atoms with van der Waals surface area (Å²) in [7, 11) is 0. The van der Waals surface area contributed by atoms with Crippen LogP contribution in [0.2, 0.25) is 0 Å². The highest BCUT2D eigenvalue weighted by molar-refractivity contribution is 5.93. The van der Waals surface area contributed by atoms with Crippen LogP contribution < -0.4 is 5.32 Å².